The molecule has 3 nitrogen and oxygen atoms in total. The van der Waals surface area contributed by atoms with Gasteiger partial charge in [0.2, 0.25) is 0 Å². The zero-order chi connectivity index (χ0) is 13.0. The van der Waals surface area contributed by atoms with Crippen LogP contribution in [-0.4, -0.2) is 17.7 Å². The van der Waals surface area contributed by atoms with Gasteiger partial charge in [0, 0.05) is 5.88 Å². The maximum absolute atomic E-state index is 12.1. The minimum atomic E-state index is -2.95. The monoisotopic (exact) mass is 264 g/mol. The van der Waals surface area contributed by atoms with E-state index in [0.29, 0.717) is 16.7 Å². The lowest BCUT2D eigenvalue weighted by Gasteiger charge is -2.12. The van der Waals surface area contributed by atoms with Gasteiger partial charge in [-0.05, 0) is 35.7 Å². The summed E-state index contributed by atoms with van der Waals surface area (Å²) in [4.78, 5) is 10.6. The first kappa shape index (κ1) is 13.7. The number of rotatable bonds is 5. The fourth-order valence-corrected chi connectivity index (χ4v) is 1.74. The number of hydrogen-bond donors (Lipinski definition) is 1. The first-order valence-electron chi connectivity index (χ1n) is 4.79. The SMILES string of the molecule is Cc1c(CCl)cc(OC(F)F)cc1CC(=O)O. The molecule has 0 radical (unpaired) electrons. The van der Waals surface area contributed by atoms with Gasteiger partial charge in [0.15, 0.2) is 0 Å². The van der Waals surface area contributed by atoms with E-state index in [0.717, 1.165) is 0 Å². The molecule has 1 N–H and O–H groups in total. The zero-order valence-corrected chi connectivity index (χ0v) is 9.80. The van der Waals surface area contributed by atoms with Crippen LogP contribution in [0.25, 0.3) is 0 Å². The third-order valence-electron chi connectivity index (χ3n) is 2.31. The van der Waals surface area contributed by atoms with E-state index in [1.54, 1.807) is 6.92 Å². The van der Waals surface area contributed by atoms with Gasteiger partial charge in [-0.15, -0.1) is 11.6 Å². The van der Waals surface area contributed by atoms with E-state index < -0.39 is 12.6 Å². The van der Waals surface area contributed by atoms with E-state index in [4.69, 9.17) is 16.7 Å². The molecule has 0 atom stereocenters. The molecule has 0 aliphatic heterocycles. The van der Waals surface area contributed by atoms with E-state index in [1.807, 2.05) is 0 Å². The van der Waals surface area contributed by atoms with Gasteiger partial charge in [0.05, 0.1) is 6.42 Å². The molecule has 0 fully saturated rings. The zero-order valence-electron chi connectivity index (χ0n) is 9.04. The molecule has 0 aliphatic carbocycles. The van der Waals surface area contributed by atoms with Crippen LogP contribution in [0.1, 0.15) is 16.7 Å². The average Bonchev–Trinajstić information content (AvgIpc) is 2.21. The highest BCUT2D eigenvalue weighted by Gasteiger charge is 2.12. The normalized spacial score (nSPS) is 10.6. The molecule has 1 rings (SSSR count). The quantitative estimate of drug-likeness (QED) is 0.832. The molecular weight excluding hydrogens is 254 g/mol. The first-order valence-corrected chi connectivity index (χ1v) is 5.32. The minimum Gasteiger partial charge on any atom is -0.481 e. The molecule has 0 heterocycles. The molecule has 0 spiro atoms. The van der Waals surface area contributed by atoms with Gasteiger partial charge in [0.1, 0.15) is 5.75 Å². The van der Waals surface area contributed by atoms with Crippen LogP contribution >= 0.6 is 11.6 Å². The Kier molecular flexibility index (Phi) is 4.69. The van der Waals surface area contributed by atoms with Crippen molar-refractivity contribution >= 4 is 17.6 Å². The maximum Gasteiger partial charge on any atom is 0.387 e. The number of alkyl halides is 3. The topological polar surface area (TPSA) is 46.5 Å². The van der Waals surface area contributed by atoms with Crippen LogP contribution in [0.15, 0.2) is 12.1 Å². The van der Waals surface area contributed by atoms with Crippen LogP contribution in [0.4, 0.5) is 8.78 Å². The van der Waals surface area contributed by atoms with Crippen molar-refractivity contribution in [3.05, 3.63) is 28.8 Å². The van der Waals surface area contributed by atoms with Crippen LogP contribution in [0, 0.1) is 6.92 Å². The second-order valence-corrected chi connectivity index (χ2v) is 3.72. The number of carboxylic acid groups (broad SMARTS) is 1. The summed E-state index contributed by atoms with van der Waals surface area (Å²) in [6.07, 6.45) is -0.254. The van der Waals surface area contributed by atoms with Crippen molar-refractivity contribution in [2.24, 2.45) is 0 Å². The highest BCUT2D eigenvalue weighted by molar-refractivity contribution is 6.17. The number of hydrogen-bond acceptors (Lipinski definition) is 2. The number of ether oxygens (including phenoxy) is 1. The van der Waals surface area contributed by atoms with Gasteiger partial charge in [0.25, 0.3) is 0 Å². The summed E-state index contributed by atoms with van der Waals surface area (Å²) in [5, 5.41) is 8.71. The predicted molar refractivity (Wildman–Crippen MR) is 58.7 cm³/mol. The highest BCUT2D eigenvalue weighted by Crippen LogP contribution is 2.25. The lowest BCUT2D eigenvalue weighted by Crippen LogP contribution is -2.07. The number of benzene rings is 1. The van der Waals surface area contributed by atoms with E-state index in [1.165, 1.54) is 12.1 Å². The molecule has 6 heteroatoms. The van der Waals surface area contributed by atoms with Gasteiger partial charge in [-0.3, -0.25) is 4.79 Å². The van der Waals surface area contributed by atoms with Crippen molar-refractivity contribution in [3.8, 4) is 5.75 Å². The highest BCUT2D eigenvalue weighted by atomic mass is 35.5. The molecule has 0 amide bonds. The van der Waals surface area contributed by atoms with Crippen molar-refractivity contribution in [2.75, 3.05) is 0 Å². The number of carbonyl (C=O) groups is 1. The molecule has 94 valence electrons. The number of aliphatic carboxylic acids is 1. The van der Waals surface area contributed by atoms with Crippen LogP contribution < -0.4 is 4.74 Å². The summed E-state index contributed by atoms with van der Waals surface area (Å²) in [6.45, 7) is -1.25. The molecule has 17 heavy (non-hydrogen) atoms. The van der Waals surface area contributed by atoms with Gasteiger partial charge >= 0.3 is 12.6 Å². The van der Waals surface area contributed by atoms with Crippen LogP contribution in [-0.2, 0) is 17.1 Å². The fraction of sp³-hybridized carbons (Fsp3) is 0.364. The van der Waals surface area contributed by atoms with Crippen molar-refractivity contribution in [1.82, 2.24) is 0 Å². The Hall–Kier alpha value is -1.36. The Morgan fingerprint density at radius 2 is 2.06 bits per heavy atom. The Labute approximate surface area is 102 Å². The molecular formula is C11H11ClF2O3. The van der Waals surface area contributed by atoms with E-state index in [9.17, 15) is 13.6 Å². The van der Waals surface area contributed by atoms with Crippen molar-refractivity contribution in [2.45, 2.75) is 25.8 Å². The van der Waals surface area contributed by atoms with Crippen molar-refractivity contribution < 1.29 is 23.4 Å². The lowest BCUT2D eigenvalue weighted by molar-refractivity contribution is -0.136. The summed E-state index contributed by atoms with van der Waals surface area (Å²) >= 11 is 5.66. The Balaban J connectivity index is 3.13. The summed E-state index contributed by atoms with van der Waals surface area (Å²) < 4.78 is 28.4. The van der Waals surface area contributed by atoms with Gasteiger partial charge in [-0.25, -0.2) is 0 Å². The molecule has 0 aliphatic rings. The summed E-state index contributed by atoms with van der Waals surface area (Å²) in [5.41, 5.74) is 1.69. The molecule has 0 aromatic heterocycles. The molecule has 0 unspecified atom stereocenters. The molecule has 0 saturated carbocycles. The summed E-state index contributed by atoms with van der Waals surface area (Å²) in [7, 11) is 0. The van der Waals surface area contributed by atoms with Crippen LogP contribution in [0.3, 0.4) is 0 Å². The Morgan fingerprint density at radius 3 is 2.53 bits per heavy atom. The molecule has 0 saturated heterocycles. The van der Waals surface area contributed by atoms with E-state index in [-0.39, 0.29) is 18.1 Å². The second kappa shape index (κ2) is 5.82. The Bertz CT molecular complexity index is 421. The molecule has 1 aromatic carbocycles. The minimum absolute atomic E-state index is 0.0718. The first-order chi connectivity index (χ1) is 7.93. The predicted octanol–water partition coefficient (Wildman–Crippen LogP) is 2.96. The summed E-state index contributed by atoms with van der Waals surface area (Å²) in [5.74, 6) is -1.00. The second-order valence-electron chi connectivity index (χ2n) is 3.45. The molecule has 0 bridgehead atoms. The lowest BCUT2D eigenvalue weighted by atomic mass is 10.0. The van der Waals surface area contributed by atoms with E-state index >= 15 is 0 Å². The maximum atomic E-state index is 12.1. The Morgan fingerprint density at radius 1 is 1.47 bits per heavy atom. The van der Waals surface area contributed by atoms with Gasteiger partial charge < -0.3 is 9.84 Å². The standard InChI is InChI=1S/C11H11ClF2O3/c1-6-7(4-10(15)16)2-9(17-11(13)14)3-8(6)5-12/h2-3,11H,4-5H2,1H3,(H,15,16). The third-order valence-corrected chi connectivity index (χ3v) is 2.60. The summed E-state index contributed by atoms with van der Waals surface area (Å²) in [6, 6.07) is 2.69. The average molecular weight is 265 g/mol. The van der Waals surface area contributed by atoms with Gasteiger partial charge in [-0.2, -0.15) is 8.78 Å². The number of carboxylic acids is 1. The van der Waals surface area contributed by atoms with Crippen LogP contribution in [0.2, 0.25) is 0 Å². The van der Waals surface area contributed by atoms with Crippen molar-refractivity contribution in [3.63, 3.8) is 0 Å². The third kappa shape index (κ3) is 3.85. The van der Waals surface area contributed by atoms with Crippen molar-refractivity contribution in [1.29, 1.82) is 0 Å². The number of halogens is 3. The largest absolute Gasteiger partial charge is 0.481 e. The van der Waals surface area contributed by atoms with Crippen LogP contribution in [0.5, 0.6) is 5.75 Å². The van der Waals surface area contributed by atoms with E-state index in [2.05, 4.69) is 4.74 Å². The molecule has 1 aromatic rings. The smallest absolute Gasteiger partial charge is 0.387 e. The van der Waals surface area contributed by atoms with Gasteiger partial charge in [-0.1, -0.05) is 0 Å². The fourth-order valence-electron chi connectivity index (χ4n) is 1.46.